The van der Waals surface area contributed by atoms with Crippen LogP contribution in [0.5, 0.6) is 0 Å². The standard InChI is InChI=1S/C17H20N4O4S/c1-11(22)21-6-4-20(5-7-21)10-16(23)18-13-3-2-12-8-15(17(24)19-25)26-14(12)9-13/h2-3,8-9,25H,4-7,10H2,1H3,(H,18,23)(H,19,24). The van der Waals surface area contributed by atoms with Crippen LogP contribution in [0.1, 0.15) is 16.6 Å². The number of rotatable bonds is 4. The largest absolute Gasteiger partial charge is 0.340 e. The van der Waals surface area contributed by atoms with E-state index < -0.39 is 5.91 Å². The Kier molecular flexibility index (Phi) is 5.50. The molecule has 3 amide bonds. The third-order valence-corrected chi connectivity index (χ3v) is 5.41. The summed E-state index contributed by atoms with van der Waals surface area (Å²) in [5.41, 5.74) is 2.27. The van der Waals surface area contributed by atoms with Gasteiger partial charge in [0.25, 0.3) is 5.91 Å². The number of nitrogens with zero attached hydrogens (tertiary/aromatic N) is 2. The average Bonchev–Trinajstić information content (AvgIpc) is 3.04. The van der Waals surface area contributed by atoms with Gasteiger partial charge in [-0.15, -0.1) is 11.3 Å². The maximum atomic E-state index is 12.3. The van der Waals surface area contributed by atoms with Gasteiger partial charge in [0.05, 0.1) is 11.4 Å². The van der Waals surface area contributed by atoms with Gasteiger partial charge < -0.3 is 10.2 Å². The molecule has 0 saturated carbocycles. The van der Waals surface area contributed by atoms with Gasteiger partial charge >= 0.3 is 0 Å². The Labute approximate surface area is 154 Å². The summed E-state index contributed by atoms with van der Waals surface area (Å²) < 4.78 is 0.844. The first-order chi connectivity index (χ1) is 12.5. The van der Waals surface area contributed by atoms with Gasteiger partial charge in [-0.2, -0.15) is 0 Å². The van der Waals surface area contributed by atoms with Crippen LogP contribution >= 0.6 is 11.3 Å². The fourth-order valence-corrected chi connectivity index (χ4v) is 3.89. The van der Waals surface area contributed by atoms with Crippen LogP contribution in [0.4, 0.5) is 5.69 Å². The van der Waals surface area contributed by atoms with Crippen molar-refractivity contribution in [3.05, 3.63) is 29.1 Å². The molecule has 1 aliphatic heterocycles. The number of nitrogens with one attached hydrogen (secondary N) is 2. The third kappa shape index (κ3) is 4.18. The monoisotopic (exact) mass is 376 g/mol. The zero-order valence-corrected chi connectivity index (χ0v) is 15.1. The minimum Gasteiger partial charge on any atom is -0.340 e. The molecule has 0 bridgehead atoms. The Hall–Kier alpha value is -2.49. The molecule has 1 aromatic carbocycles. The summed E-state index contributed by atoms with van der Waals surface area (Å²) in [4.78, 5) is 39.3. The minimum absolute atomic E-state index is 0.0626. The van der Waals surface area contributed by atoms with Gasteiger partial charge in [-0.1, -0.05) is 6.07 Å². The Bertz CT molecular complexity index is 842. The molecule has 2 heterocycles. The van der Waals surface area contributed by atoms with Crippen LogP contribution in [0.25, 0.3) is 10.1 Å². The Morgan fingerprint density at radius 3 is 2.54 bits per heavy atom. The molecule has 9 heteroatoms. The smallest absolute Gasteiger partial charge is 0.284 e. The van der Waals surface area contributed by atoms with Crippen LogP contribution in [0.2, 0.25) is 0 Å². The van der Waals surface area contributed by atoms with Gasteiger partial charge in [0.15, 0.2) is 0 Å². The lowest BCUT2D eigenvalue weighted by molar-refractivity contribution is -0.130. The van der Waals surface area contributed by atoms with E-state index in [-0.39, 0.29) is 18.4 Å². The fraction of sp³-hybridized carbons (Fsp3) is 0.353. The molecule has 1 aromatic heterocycles. The third-order valence-electron chi connectivity index (χ3n) is 4.31. The number of amides is 3. The summed E-state index contributed by atoms with van der Waals surface area (Å²) in [6, 6.07) is 7.09. The highest BCUT2D eigenvalue weighted by molar-refractivity contribution is 7.20. The number of benzene rings is 1. The van der Waals surface area contributed by atoms with Crippen molar-refractivity contribution in [3.63, 3.8) is 0 Å². The number of carbonyl (C=O) groups excluding carboxylic acids is 3. The van der Waals surface area contributed by atoms with Crippen molar-refractivity contribution in [1.29, 1.82) is 0 Å². The average molecular weight is 376 g/mol. The van der Waals surface area contributed by atoms with Gasteiger partial charge in [-0.3, -0.25) is 24.5 Å². The topological polar surface area (TPSA) is 102 Å². The summed E-state index contributed by atoms with van der Waals surface area (Å²) in [5, 5.41) is 12.4. The van der Waals surface area contributed by atoms with E-state index >= 15 is 0 Å². The van der Waals surface area contributed by atoms with Gasteiger partial charge in [-0.05, 0) is 23.6 Å². The number of thiophene rings is 1. The van der Waals surface area contributed by atoms with Gasteiger partial charge in [-0.25, -0.2) is 5.48 Å². The predicted octanol–water partition coefficient (Wildman–Crippen LogP) is 1.12. The van der Waals surface area contributed by atoms with Crippen LogP contribution in [0, 0.1) is 0 Å². The lowest BCUT2D eigenvalue weighted by atomic mass is 10.2. The van der Waals surface area contributed by atoms with E-state index in [1.807, 2.05) is 11.0 Å². The van der Waals surface area contributed by atoms with E-state index in [0.29, 0.717) is 36.7 Å². The van der Waals surface area contributed by atoms with Crippen molar-refractivity contribution in [2.45, 2.75) is 6.92 Å². The van der Waals surface area contributed by atoms with E-state index in [4.69, 9.17) is 5.21 Å². The van der Waals surface area contributed by atoms with Crippen molar-refractivity contribution in [2.75, 3.05) is 38.0 Å². The molecule has 0 aliphatic carbocycles. The van der Waals surface area contributed by atoms with Gasteiger partial charge in [0, 0.05) is 43.5 Å². The number of carbonyl (C=O) groups is 3. The lowest BCUT2D eigenvalue weighted by Gasteiger charge is -2.33. The number of piperazine rings is 1. The van der Waals surface area contributed by atoms with Crippen molar-refractivity contribution in [3.8, 4) is 0 Å². The van der Waals surface area contributed by atoms with E-state index in [9.17, 15) is 14.4 Å². The summed E-state index contributed by atoms with van der Waals surface area (Å²) in [6.45, 7) is 4.46. The molecule has 26 heavy (non-hydrogen) atoms. The normalized spacial score (nSPS) is 15.1. The number of anilines is 1. The van der Waals surface area contributed by atoms with Crippen LogP contribution < -0.4 is 10.8 Å². The zero-order chi connectivity index (χ0) is 18.7. The Balaban J connectivity index is 1.59. The molecule has 8 nitrogen and oxygen atoms in total. The molecule has 0 spiro atoms. The molecule has 0 unspecified atom stereocenters. The summed E-state index contributed by atoms with van der Waals surface area (Å²) in [5.74, 6) is -0.611. The van der Waals surface area contributed by atoms with E-state index in [2.05, 4.69) is 5.32 Å². The van der Waals surface area contributed by atoms with Gasteiger partial charge in [0.2, 0.25) is 11.8 Å². The van der Waals surface area contributed by atoms with Crippen LogP contribution in [0.3, 0.4) is 0 Å². The summed E-state index contributed by atoms with van der Waals surface area (Å²) in [6.07, 6.45) is 0. The number of hydrogen-bond donors (Lipinski definition) is 3. The molecule has 3 N–H and O–H groups in total. The second-order valence-corrected chi connectivity index (χ2v) is 7.22. The molecular weight excluding hydrogens is 356 g/mol. The highest BCUT2D eigenvalue weighted by Crippen LogP contribution is 2.28. The van der Waals surface area contributed by atoms with Crippen LogP contribution in [-0.4, -0.2) is 65.5 Å². The zero-order valence-electron chi connectivity index (χ0n) is 14.3. The van der Waals surface area contributed by atoms with Crippen molar-refractivity contribution in [2.24, 2.45) is 0 Å². The first kappa shape index (κ1) is 18.3. The molecule has 2 aromatic rings. The Morgan fingerprint density at radius 1 is 1.15 bits per heavy atom. The number of hydrogen-bond acceptors (Lipinski definition) is 6. The maximum absolute atomic E-state index is 12.3. The van der Waals surface area contributed by atoms with Crippen LogP contribution in [-0.2, 0) is 9.59 Å². The van der Waals surface area contributed by atoms with Crippen molar-refractivity contribution < 1.29 is 19.6 Å². The maximum Gasteiger partial charge on any atom is 0.284 e. The van der Waals surface area contributed by atoms with E-state index in [1.165, 1.54) is 11.3 Å². The molecule has 138 valence electrons. The molecular formula is C17H20N4O4S. The molecule has 3 rings (SSSR count). The molecule has 0 atom stereocenters. The summed E-state index contributed by atoms with van der Waals surface area (Å²) in [7, 11) is 0. The van der Waals surface area contributed by atoms with Crippen LogP contribution in [0.15, 0.2) is 24.3 Å². The quantitative estimate of drug-likeness (QED) is 0.548. The second kappa shape index (κ2) is 7.81. The van der Waals surface area contributed by atoms with Gasteiger partial charge in [0.1, 0.15) is 0 Å². The lowest BCUT2D eigenvalue weighted by Crippen LogP contribution is -2.49. The highest BCUT2D eigenvalue weighted by Gasteiger charge is 2.20. The first-order valence-electron chi connectivity index (χ1n) is 8.22. The SMILES string of the molecule is CC(=O)N1CCN(CC(=O)Nc2ccc3cc(C(=O)NO)sc3c2)CC1. The van der Waals surface area contributed by atoms with E-state index in [1.54, 1.807) is 35.5 Å². The van der Waals surface area contributed by atoms with E-state index in [0.717, 1.165) is 10.1 Å². The highest BCUT2D eigenvalue weighted by atomic mass is 32.1. The molecule has 1 aliphatic rings. The number of hydroxylamine groups is 1. The second-order valence-electron chi connectivity index (χ2n) is 6.13. The van der Waals surface area contributed by atoms with Crippen molar-refractivity contribution in [1.82, 2.24) is 15.3 Å². The fourth-order valence-electron chi connectivity index (χ4n) is 2.90. The first-order valence-corrected chi connectivity index (χ1v) is 9.03. The molecule has 1 fully saturated rings. The Morgan fingerprint density at radius 2 is 1.88 bits per heavy atom. The minimum atomic E-state index is -0.554. The molecule has 0 radical (unpaired) electrons. The molecule has 1 saturated heterocycles. The predicted molar refractivity (Wildman–Crippen MR) is 98.4 cm³/mol. The summed E-state index contributed by atoms with van der Waals surface area (Å²) >= 11 is 1.24. The van der Waals surface area contributed by atoms with Crippen molar-refractivity contribution >= 4 is 44.8 Å². The number of fused-ring (bicyclic) bond motifs is 1.